The molecular weight excluding hydrogens is 344 g/mol. The van der Waals surface area contributed by atoms with Crippen molar-refractivity contribution in [1.29, 1.82) is 0 Å². The summed E-state index contributed by atoms with van der Waals surface area (Å²) >= 11 is 1.17. The van der Waals surface area contributed by atoms with Crippen molar-refractivity contribution in [2.75, 3.05) is 19.0 Å². The van der Waals surface area contributed by atoms with Crippen molar-refractivity contribution in [3.63, 3.8) is 0 Å². The molecule has 132 valence electrons. The van der Waals surface area contributed by atoms with Gasteiger partial charge in [-0.05, 0) is 26.0 Å². The first-order valence-electron chi connectivity index (χ1n) is 7.44. The fourth-order valence-electron chi connectivity index (χ4n) is 2.13. The van der Waals surface area contributed by atoms with E-state index in [1.54, 1.807) is 17.5 Å². The lowest BCUT2D eigenvalue weighted by Gasteiger charge is -2.06. The van der Waals surface area contributed by atoms with Crippen LogP contribution >= 0.6 is 11.3 Å². The number of aromatic nitrogens is 1. The Morgan fingerprint density at radius 1 is 1.16 bits per heavy atom. The van der Waals surface area contributed by atoms with Gasteiger partial charge in [0, 0.05) is 5.38 Å². The van der Waals surface area contributed by atoms with Gasteiger partial charge in [0.25, 0.3) is 5.91 Å². The third kappa shape index (κ3) is 5.68. The summed E-state index contributed by atoms with van der Waals surface area (Å²) in [6.07, 6.45) is 0.0323. The van der Waals surface area contributed by atoms with E-state index in [2.05, 4.69) is 15.0 Å². The minimum Gasteiger partial charge on any atom is -0.469 e. The molecule has 7 nitrogen and oxygen atoms in total. The Morgan fingerprint density at radius 3 is 2.48 bits per heavy atom. The van der Waals surface area contributed by atoms with Crippen LogP contribution in [-0.2, 0) is 25.5 Å². The van der Waals surface area contributed by atoms with Crippen molar-refractivity contribution in [3.8, 4) is 0 Å². The summed E-state index contributed by atoms with van der Waals surface area (Å²) in [6.45, 7) is 3.34. The zero-order chi connectivity index (χ0) is 18.4. The summed E-state index contributed by atoms with van der Waals surface area (Å²) in [7, 11) is 1.29. The predicted molar refractivity (Wildman–Crippen MR) is 92.7 cm³/mol. The fourth-order valence-corrected chi connectivity index (χ4v) is 2.85. The van der Waals surface area contributed by atoms with Gasteiger partial charge >= 0.3 is 11.9 Å². The number of thiazole rings is 1. The van der Waals surface area contributed by atoms with Crippen molar-refractivity contribution in [2.24, 2.45) is 0 Å². The summed E-state index contributed by atoms with van der Waals surface area (Å²) < 4.78 is 9.56. The molecule has 0 spiro atoms. The number of benzene rings is 1. The van der Waals surface area contributed by atoms with Crippen LogP contribution in [0.5, 0.6) is 0 Å². The zero-order valence-electron chi connectivity index (χ0n) is 14.1. The Kier molecular flexibility index (Phi) is 6.24. The molecule has 0 unspecified atom stereocenters. The van der Waals surface area contributed by atoms with E-state index in [1.165, 1.54) is 18.4 Å². The van der Waals surface area contributed by atoms with E-state index in [-0.39, 0.29) is 6.42 Å². The van der Waals surface area contributed by atoms with E-state index in [9.17, 15) is 14.4 Å². The smallest absolute Gasteiger partial charge is 0.338 e. The quantitative estimate of drug-likeness (QED) is 0.792. The second-order valence-corrected chi connectivity index (χ2v) is 6.26. The number of carbonyl (C=O) groups excluding carboxylic acids is 3. The maximum absolute atomic E-state index is 12.0. The largest absolute Gasteiger partial charge is 0.469 e. The first-order valence-corrected chi connectivity index (χ1v) is 8.32. The van der Waals surface area contributed by atoms with Crippen LogP contribution in [0.1, 0.15) is 27.2 Å². The number of nitrogens with one attached hydrogen (secondary N) is 1. The molecule has 0 bridgehead atoms. The predicted octanol–water partition coefficient (Wildman–Crippen LogP) is 2.27. The normalized spacial score (nSPS) is 10.2. The van der Waals surface area contributed by atoms with Gasteiger partial charge in [0.1, 0.15) is 0 Å². The lowest BCUT2D eigenvalue weighted by Crippen LogP contribution is -2.21. The fraction of sp³-hybridized carbons (Fsp3) is 0.294. The van der Waals surface area contributed by atoms with Crippen LogP contribution in [0.15, 0.2) is 23.6 Å². The summed E-state index contributed by atoms with van der Waals surface area (Å²) in [6, 6.07) is 5.35. The topological polar surface area (TPSA) is 94.6 Å². The van der Waals surface area contributed by atoms with E-state index in [1.807, 2.05) is 19.9 Å². The summed E-state index contributed by atoms with van der Waals surface area (Å²) in [5.74, 6) is -1.48. The molecule has 1 aromatic carbocycles. The number of methoxy groups -OCH3 is 1. The van der Waals surface area contributed by atoms with Gasteiger partial charge in [-0.25, -0.2) is 9.78 Å². The van der Waals surface area contributed by atoms with E-state index >= 15 is 0 Å². The SMILES string of the molecule is COC(=O)Cc1csc(NC(=O)COC(=O)c2cc(C)cc(C)c2)n1. The molecular formula is C17H18N2O5S. The Hall–Kier alpha value is -2.74. The molecule has 0 radical (unpaired) electrons. The van der Waals surface area contributed by atoms with Crippen molar-refractivity contribution >= 4 is 34.3 Å². The Labute approximate surface area is 149 Å². The molecule has 8 heteroatoms. The van der Waals surface area contributed by atoms with Gasteiger partial charge in [0.15, 0.2) is 11.7 Å². The number of ether oxygens (including phenoxy) is 2. The van der Waals surface area contributed by atoms with Gasteiger partial charge in [-0.15, -0.1) is 11.3 Å². The molecule has 1 aromatic heterocycles. The maximum Gasteiger partial charge on any atom is 0.338 e. The molecule has 1 N–H and O–H groups in total. The Bertz CT molecular complexity index is 780. The number of nitrogens with zero attached hydrogens (tertiary/aromatic N) is 1. The lowest BCUT2D eigenvalue weighted by atomic mass is 10.1. The van der Waals surface area contributed by atoms with Gasteiger partial charge in [0.05, 0.1) is 24.8 Å². The molecule has 1 heterocycles. The molecule has 1 amide bonds. The van der Waals surface area contributed by atoms with Gasteiger partial charge in [-0.1, -0.05) is 17.2 Å². The van der Waals surface area contributed by atoms with Crippen molar-refractivity contribution in [3.05, 3.63) is 46.0 Å². The average Bonchev–Trinajstić information content (AvgIpc) is 2.98. The van der Waals surface area contributed by atoms with Crippen molar-refractivity contribution in [2.45, 2.75) is 20.3 Å². The van der Waals surface area contributed by atoms with Gasteiger partial charge in [-0.2, -0.15) is 0 Å². The molecule has 2 rings (SSSR count). The van der Waals surface area contributed by atoms with E-state index in [4.69, 9.17) is 4.74 Å². The van der Waals surface area contributed by atoms with Gasteiger partial charge < -0.3 is 9.47 Å². The highest BCUT2D eigenvalue weighted by Gasteiger charge is 2.13. The molecule has 0 fully saturated rings. The van der Waals surface area contributed by atoms with Crippen LogP contribution in [0, 0.1) is 13.8 Å². The molecule has 2 aromatic rings. The Morgan fingerprint density at radius 2 is 1.84 bits per heavy atom. The Balaban J connectivity index is 1.86. The third-order valence-corrected chi connectivity index (χ3v) is 3.95. The highest BCUT2D eigenvalue weighted by atomic mass is 32.1. The van der Waals surface area contributed by atoms with Crippen LogP contribution in [0.3, 0.4) is 0 Å². The number of carbonyl (C=O) groups is 3. The molecule has 0 atom stereocenters. The summed E-state index contributed by atoms with van der Waals surface area (Å²) in [5.41, 5.74) is 2.79. The first-order chi connectivity index (χ1) is 11.9. The number of esters is 2. The second-order valence-electron chi connectivity index (χ2n) is 5.40. The van der Waals surface area contributed by atoms with Gasteiger partial charge in [-0.3, -0.25) is 14.9 Å². The average molecular weight is 362 g/mol. The van der Waals surface area contributed by atoms with Crippen LogP contribution in [0.2, 0.25) is 0 Å². The first kappa shape index (κ1) is 18.6. The second kappa shape index (κ2) is 8.39. The standard InChI is InChI=1S/C17H18N2O5S/c1-10-4-11(2)6-12(5-10)16(22)24-8-14(20)19-17-18-13(9-25-17)7-15(21)23-3/h4-6,9H,7-8H2,1-3H3,(H,18,19,20). The van der Waals surface area contributed by atoms with Crippen LogP contribution < -0.4 is 5.32 Å². The van der Waals surface area contributed by atoms with Crippen molar-refractivity contribution < 1.29 is 23.9 Å². The van der Waals surface area contributed by atoms with E-state index in [0.717, 1.165) is 11.1 Å². The maximum atomic E-state index is 12.0. The number of rotatable bonds is 6. The monoisotopic (exact) mass is 362 g/mol. The molecule has 0 aliphatic rings. The third-order valence-electron chi connectivity index (χ3n) is 3.14. The molecule has 0 saturated heterocycles. The molecule has 25 heavy (non-hydrogen) atoms. The number of hydrogen-bond acceptors (Lipinski definition) is 7. The number of hydrogen-bond donors (Lipinski definition) is 1. The van der Waals surface area contributed by atoms with Crippen LogP contribution in [-0.4, -0.2) is 36.5 Å². The van der Waals surface area contributed by atoms with Crippen molar-refractivity contribution in [1.82, 2.24) is 4.98 Å². The van der Waals surface area contributed by atoms with Crippen LogP contribution in [0.25, 0.3) is 0 Å². The van der Waals surface area contributed by atoms with E-state index in [0.29, 0.717) is 16.4 Å². The summed E-state index contributed by atoms with van der Waals surface area (Å²) in [4.78, 5) is 39.1. The number of aryl methyl sites for hydroxylation is 2. The zero-order valence-corrected chi connectivity index (χ0v) is 14.9. The summed E-state index contributed by atoms with van der Waals surface area (Å²) in [5, 5.41) is 4.49. The minimum atomic E-state index is -0.563. The van der Waals surface area contributed by atoms with Crippen LogP contribution in [0.4, 0.5) is 5.13 Å². The number of anilines is 1. The highest BCUT2D eigenvalue weighted by Crippen LogP contribution is 2.16. The molecule has 0 aliphatic carbocycles. The number of amides is 1. The van der Waals surface area contributed by atoms with Gasteiger partial charge in [0.2, 0.25) is 0 Å². The highest BCUT2D eigenvalue weighted by molar-refractivity contribution is 7.13. The minimum absolute atomic E-state index is 0.0323. The molecule has 0 aliphatic heterocycles. The van der Waals surface area contributed by atoms with E-state index < -0.39 is 24.5 Å². The molecule has 0 saturated carbocycles. The lowest BCUT2D eigenvalue weighted by molar-refractivity contribution is -0.139.